The molecule has 0 saturated carbocycles. The van der Waals surface area contributed by atoms with Crippen molar-refractivity contribution in [1.82, 2.24) is 9.97 Å². The molecule has 2 rings (SSSR count). The number of nitrogens with one attached hydrogen (secondary N) is 2. The average Bonchev–Trinajstić information content (AvgIpc) is 2.86. The van der Waals surface area contributed by atoms with Crippen LogP contribution >= 0.6 is 0 Å². The van der Waals surface area contributed by atoms with E-state index in [1.165, 1.54) is 0 Å². The molecule has 5 nitrogen and oxygen atoms in total. The molecule has 96 valence electrons. The Kier molecular flexibility index (Phi) is 4.06. The molecule has 4 N–H and O–H groups in total. The van der Waals surface area contributed by atoms with Crippen LogP contribution in [0.1, 0.15) is 19.2 Å². The number of aromatic nitrogens is 2. The number of rotatable bonds is 6. The fourth-order valence-corrected chi connectivity index (χ4v) is 1.61. The first-order valence-electron chi connectivity index (χ1n) is 6.03. The van der Waals surface area contributed by atoms with E-state index in [9.17, 15) is 0 Å². The lowest BCUT2D eigenvalue weighted by Gasteiger charge is -2.10. The smallest absolute Gasteiger partial charge is 0.125 e. The van der Waals surface area contributed by atoms with Crippen LogP contribution in [-0.4, -0.2) is 16.6 Å². The van der Waals surface area contributed by atoms with Gasteiger partial charge in [0.1, 0.15) is 11.6 Å². The van der Waals surface area contributed by atoms with Gasteiger partial charge in [-0.25, -0.2) is 4.98 Å². The van der Waals surface area contributed by atoms with Gasteiger partial charge in [-0.05, 0) is 12.5 Å². The molecule has 0 unspecified atom stereocenters. The summed E-state index contributed by atoms with van der Waals surface area (Å²) in [5.74, 6) is 1.67. The second-order valence-electron chi connectivity index (χ2n) is 4.03. The maximum atomic E-state index is 5.84. The van der Waals surface area contributed by atoms with Gasteiger partial charge in [0.05, 0.1) is 13.2 Å². The number of ether oxygens (including phenoxy) is 1. The van der Waals surface area contributed by atoms with Crippen molar-refractivity contribution in [1.29, 1.82) is 0 Å². The normalized spacial score (nSPS) is 10.3. The Morgan fingerprint density at radius 3 is 3.00 bits per heavy atom. The molecule has 1 heterocycles. The van der Waals surface area contributed by atoms with Gasteiger partial charge in [0.25, 0.3) is 0 Å². The number of hydrogen-bond acceptors (Lipinski definition) is 4. The molecule has 0 amide bonds. The summed E-state index contributed by atoms with van der Waals surface area (Å²) in [5.41, 5.74) is 7.45. The number of anilines is 2. The van der Waals surface area contributed by atoms with Crippen LogP contribution in [0.25, 0.3) is 0 Å². The Balaban J connectivity index is 2.00. The van der Waals surface area contributed by atoms with E-state index in [0.717, 1.165) is 23.7 Å². The number of H-pyrrole nitrogens is 1. The van der Waals surface area contributed by atoms with E-state index in [0.29, 0.717) is 18.8 Å². The molecule has 0 saturated heterocycles. The predicted octanol–water partition coefficient (Wildman–Crippen LogP) is 2.39. The Morgan fingerprint density at radius 1 is 1.39 bits per heavy atom. The van der Waals surface area contributed by atoms with Crippen LogP contribution in [0.4, 0.5) is 11.4 Å². The monoisotopic (exact) mass is 246 g/mol. The summed E-state index contributed by atoms with van der Waals surface area (Å²) in [5, 5.41) is 3.25. The van der Waals surface area contributed by atoms with Crippen molar-refractivity contribution >= 4 is 11.4 Å². The Hall–Kier alpha value is -2.17. The lowest BCUT2D eigenvalue weighted by molar-refractivity contribution is 0.318. The molecule has 1 aromatic heterocycles. The van der Waals surface area contributed by atoms with Crippen molar-refractivity contribution in [3.8, 4) is 5.75 Å². The number of aromatic amines is 1. The van der Waals surface area contributed by atoms with Crippen molar-refractivity contribution in [3.05, 3.63) is 36.4 Å². The van der Waals surface area contributed by atoms with E-state index in [1.807, 2.05) is 18.2 Å². The van der Waals surface area contributed by atoms with Gasteiger partial charge in [-0.3, -0.25) is 0 Å². The van der Waals surface area contributed by atoms with Crippen molar-refractivity contribution < 1.29 is 4.74 Å². The molecule has 0 aliphatic rings. The van der Waals surface area contributed by atoms with E-state index in [-0.39, 0.29) is 0 Å². The molecule has 0 aliphatic heterocycles. The van der Waals surface area contributed by atoms with Gasteiger partial charge in [-0.15, -0.1) is 0 Å². The van der Waals surface area contributed by atoms with Crippen molar-refractivity contribution in [2.45, 2.75) is 19.9 Å². The van der Waals surface area contributed by atoms with Crippen LogP contribution in [0.15, 0.2) is 30.6 Å². The quantitative estimate of drug-likeness (QED) is 0.684. The highest BCUT2D eigenvalue weighted by Gasteiger charge is 2.01. The second kappa shape index (κ2) is 5.95. The van der Waals surface area contributed by atoms with Crippen LogP contribution in [0.3, 0.4) is 0 Å². The molecule has 18 heavy (non-hydrogen) atoms. The number of nitrogens with two attached hydrogens (primary N) is 1. The summed E-state index contributed by atoms with van der Waals surface area (Å²) in [6.45, 7) is 3.40. The lowest BCUT2D eigenvalue weighted by atomic mass is 10.2. The maximum Gasteiger partial charge on any atom is 0.125 e. The topological polar surface area (TPSA) is 76.0 Å². The van der Waals surface area contributed by atoms with Gasteiger partial charge >= 0.3 is 0 Å². The second-order valence-corrected chi connectivity index (χ2v) is 4.03. The van der Waals surface area contributed by atoms with Gasteiger partial charge in [0, 0.05) is 35.9 Å². The Labute approximate surface area is 106 Å². The van der Waals surface area contributed by atoms with E-state index < -0.39 is 0 Å². The zero-order valence-corrected chi connectivity index (χ0v) is 10.4. The highest BCUT2D eigenvalue weighted by molar-refractivity contribution is 5.59. The Bertz CT molecular complexity index is 482. The fourth-order valence-electron chi connectivity index (χ4n) is 1.61. The molecule has 0 bridgehead atoms. The number of nitrogens with zero attached hydrogens (tertiary/aromatic N) is 1. The highest BCUT2D eigenvalue weighted by atomic mass is 16.5. The van der Waals surface area contributed by atoms with Crippen LogP contribution in [0, 0.1) is 0 Å². The third-order valence-electron chi connectivity index (χ3n) is 2.42. The molecule has 0 spiro atoms. The first-order valence-corrected chi connectivity index (χ1v) is 6.03. The van der Waals surface area contributed by atoms with Crippen molar-refractivity contribution in [3.63, 3.8) is 0 Å². The van der Waals surface area contributed by atoms with E-state index >= 15 is 0 Å². The molecule has 2 aromatic rings. The van der Waals surface area contributed by atoms with Crippen LogP contribution in [-0.2, 0) is 6.54 Å². The first kappa shape index (κ1) is 12.3. The molecule has 5 heteroatoms. The predicted molar refractivity (Wildman–Crippen MR) is 72.6 cm³/mol. The SMILES string of the molecule is CCCOc1cc(N)cc(NCc2ncc[nH]2)c1. The summed E-state index contributed by atoms with van der Waals surface area (Å²) in [4.78, 5) is 7.18. The zero-order chi connectivity index (χ0) is 12.8. The maximum absolute atomic E-state index is 5.84. The molecular weight excluding hydrogens is 228 g/mol. The molecule has 1 aromatic carbocycles. The van der Waals surface area contributed by atoms with E-state index in [1.54, 1.807) is 12.4 Å². The summed E-state index contributed by atoms with van der Waals surface area (Å²) >= 11 is 0. The van der Waals surface area contributed by atoms with Crippen LogP contribution < -0.4 is 15.8 Å². The summed E-state index contributed by atoms with van der Waals surface area (Å²) in [7, 11) is 0. The summed E-state index contributed by atoms with van der Waals surface area (Å²) < 4.78 is 5.57. The molecule has 0 atom stereocenters. The first-order chi connectivity index (χ1) is 8.78. The third kappa shape index (κ3) is 3.41. The number of nitrogen functional groups attached to an aromatic ring is 1. The minimum Gasteiger partial charge on any atom is -0.493 e. The van der Waals surface area contributed by atoms with Gasteiger partial charge < -0.3 is 20.8 Å². The van der Waals surface area contributed by atoms with Gasteiger partial charge in [0.15, 0.2) is 0 Å². The fraction of sp³-hybridized carbons (Fsp3) is 0.308. The number of benzene rings is 1. The Morgan fingerprint density at radius 2 is 2.28 bits per heavy atom. The molecule has 0 aliphatic carbocycles. The zero-order valence-electron chi connectivity index (χ0n) is 10.4. The van der Waals surface area contributed by atoms with Gasteiger partial charge in [-0.1, -0.05) is 6.92 Å². The summed E-state index contributed by atoms with van der Waals surface area (Å²) in [6, 6.07) is 5.64. The third-order valence-corrected chi connectivity index (χ3v) is 2.42. The van der Waals surface area contributed by atoms with Crippen molar-refractivity contribution in [2.75, 3.05) is 17.7 Å². The number of hydrogen-bond donors (Lipinski definition) is 3. The minimum absolute atomic E-state index is 0.629. The van der Waals surface area contributed by atoms with Crippen LogP contribution in [0.2, 0.25) is 0 Å². The standard InChI is InChI=1S/C13H18N4O/c1-2-5-18-12-7-10(14)6-11(8-12)17-9-13-15-3-4-16-13/h3-4,6-8,17H,2,5,9,14H2,1H3,(H,15,16). The van der Waals surface area contributed by atoms with Gasteiger partial charge in [-0.2, -0.15) is 0 Å². The molecule has 0 fully saturated rings. The largest absolute Gasteiger partial charge is 0.493 e. The van der Waals surface area contributed by atoms with E-state index in [2.05, 4.69) is 22.2 Å². The summed E-state index contributed by atoms with van der Waals surface area (Å²) in [6.07, 6.45) is 4.50. The van der Waals surface area contributed by atoms with Gasteiger partial charge in [0.2, 0.25) is 0 Å². The molecule has 0 radical (unpaired) electrons. The van der Waals surface area contributed by atoms with Crippen molar-refractivity contribution in [2.24, 2.45) is 0 Å². The lowest BCUT2D eigenvalue weighted by Crippen LogP contribution is -2.03. The minimum atomic E-state index is 0.629. The molecular formula is C13H18N4O. The average molecular weight is 246 g/mol. The number of imidazole rings is 1. The van der Waals surface area contributed by atoms with Crippen LogP contribution in [0.5, 0.6) is 5.75 Å². The van der Waals surface area contributed by atoms with E-state index in [4.69, 9.17) is 10.5 Å². The highest BCUT2D eigenvalue weighted by Crippen LogP contribution is 2.23.